The minimum Gasteiger partial charge on any atom is -0.320 e. The fourth-order valence-electron chi connectivity index (χ4n) is 2.76. The monoisotopic (exact) mass is 360 g/mol. The highest BCUT2D eigenvalue weighted by Gasteiger charge is 2.30. The Balaban J connectivity index is 1.98. The number of rotatable bonds is 4. The summed E-state index contributed by atoms with van der Waals surface area (Å²) in [6, 6.07) is 9.78. The Morgan fingerprint density at radius 3 is 2.48 bits per heavy atom. The number of hydrogen-bond acceptors (Lipinski definition) is 5. The van der Waals surface area contributed by atoms with Crippen LogP contribution in [0.4, 0.5) is 5.82 Å². The molecule has 1 aliphatic rings. The number of amides is 1. The van der Waals surface area contributed by atoms with Crippen molar-refractivity contribution < 1.29 is 13.2 Å². The molecule has 1 aromatic heterocycles. The topological polar surface area (TPSA) is 96.6 Å². The lowest BCUT2D eigenvalue weighted by atomic mass is 10.1. The maximum Gasteiger partial charge on any atom is 0.245 e. The maximum atomic E-state index is 12.5. The van der Waals surface area contributed by atoms with Gasteiger partial charge in [-0.05, 0) is 24.6 Å². The second-order valence-electron chi connectivity index (χ2n) is 6.07. The number of anilines is 1. The summed E-state index contributed by atoms with van der Waals surface area (Å²) in [5.74, 6) is 0.380. The van der Waals surface area contributed by atoms with E-state index in [0.29, 0.717) is 29.9 Å². The molecule has 132 valence electrons. The van der Waals surface area contributed by atoms with Crippen LogP contribution in [0.25, 0.3) is 11.1 Å². The average molecular weight is 360 g/mol. The Morgan fingerprint density at radius 2 is 1.92 bits per heavy atom. The van der Waals surface area contributed by atoms with Crippen molar-refractivity contribution in [3.63, 3.8) is 0 Å². The van der Waals surface area contributed by atoms with Crippen molar-refractivity contribution in [1.82, 2.24) is 9.29 Å². The van der Waals surface area contributed by atoms with Gasteiger partial charge in [0.25, 0.3) is 0 Å². The van der Waals surface area contributed by atoms with Crippen molar-refractivity contribution in [1.29, 1.82) is 0 Å². The normalized spacial score (nSPS) is 18.2. The Kier molecular flexibility index (Phi) is 4.59. The number of carbonyl (C=O) groups is 1. The van der Waals surface area contributed by atoms with Crippen molar-refractivity contribution in [2.75, 3.05) is 25.5 Å². The second-order valence-corrected chi connectivity index (χ2v) is 8.19. The average Bonchev–Trinajstić information content (AvgIpc) is 2.94. The van der Waals surface area contributed by atoms with E-state index in [1.165, 1.54) is 18.4 Å². The SMILES string of the molecule is CN(C)S(=O)(=O)c1ccccc1-c1ccc(N2CCC(N)C2=O)nc1. The molecule has 2 aromatic rings. The lowest BCUT2D eigenvalue weighted by molar-refractivity contribution is -0.118. The summed E-state index contributed by atoms with van der Waals surface area (Å²) in [6.45, 7) is 0.540. The van der Waals surface area contributed by atoms with Crippen molar-refractivity contribution in [2.45, 2.75) is 17.4 Å². The molecule has 1 atom stereocenters. The summed E-state index contributed by atoms with van der Waals surface area (Å²) in [4.78, 5) is 18.1. The van der Waals surface area contributed by atoms with Crippen LogP contribution in [0, 0.1) is 0 Å². The molecule has 0 spiro atoms. The van der Waals surface area contributed by atoms with Crippen molar-refractivity contribution >= 4 is 21.7 Å². The quantitative estimate of drug-likeness (QED) is 0.879. The Labute approximate surface area is 147 Å². The van der Waals surface area contributed by atoms with Gasteiger partial charge in [0.15, 0.2) is 0 Å². The van der Waals surface area contributed by atoms with Crippen LogP contribution < -0.4 is 10.6 Å². The largest absolute Gasteiger partial charge is 0.320 e. The molecule has 1 amide bonds. The van der Waals surface area contributed by atoms with Crippen LogP contribution in [0.2, 0.25) is 0 Å². The first-order valence-corrected chi connectivity index (χ1v) is 9.31. The highest BCUT2D eigenvalue weighted by Crippen LogP contribution is 2.29. The zero-order chi connectivity index (χ0) is 18.2. The molecule has 0 aliphatic carbocycles. The van der Waals surface area contributed by atoms with E-state index in [9.17, 15) is 13.2 Å². The van der Waals surface area contributed by atoms with Gasteiger partial charge in [-0.15, -0.1) is 0 Å². The lowest BCUT2D eigenvalue weighted by Crippen LogP contribution is -2.34. The first-order chi connectivity index (χ1) is 11.8. The van der Waals surface area contributed by atoms with Crippen molar-refractivity contribution in [3.8, 4) is 11.1 Å². The zero-order valence-corrected chi connectivity index (χ0v) is 14.9. The number of pyridine rings is 1. The molecule has 2 heterocycles. The van der Waals surface area contributed by atoms with Gasteiger partial charge < -0.3 is 5.73 Å². The summed E-state index contributed by atoms with van der Waals surface area (Å²) in [5, 5.41) is 0. The molecule has 3 rings (SSSR count). The smallest absolute Gasteiger partial charge is 0.245 e. The molecule has 0 saturated carbocycles. The van der Waals surface area contributed by atoms with Crippen LogP contribution in [-0.2, 0) is 14.8 Å². The number of hydrogen-bond donors (Lipinski definition) is 1. The predicted octanol–water partition coefficient (Wildman–Crippen LogP) is 1.06. The van der Waals surface area contributed by atoms with Crippen LogP contribution in [0.1, 0.15) is 6.42 Å². The van der Waals surface area contributed by atoms with Crippen molar-refractivity contribution in [2.24, 2.45) is 5.73 Å². The van der Waals surface area contributed by atoms with E-state index >= 15 is 0 Å². The van der Waals surface area contributed by atoms with Crippen LogP contribution >= 0.6 is 0 Å². The highest BCUT2D eigenvalue weighted by atomic mass is 32.2. The van der Waals surface area contributed by atoms with Crippen LogP contribution in [0.3, 0.4) is 0 Å². The Hall–Kier alpha value is -2.29. The summed E-state index contributed by atoms with van der Waals surface area (Å²) in [5.41, 5.74) is 6.97. The third-order valence-corrected chi connectivity index (χ3v) is 6.10. The van der Waals surface area contributed by atoms with Gasteiger partial charge in [-0.1, -0.05) is 18.2 Å². The van der Waals surface area contributed by atoms with Gasteiger partial charge in [0.2, 0.25) is 15.9 Å². The van der Waals surface area contributed by atoms with E-state index in [-0.39, 0.29) is 10.8 Å². The minimum absolute atomic E-state index is 0.143. The first kappa shape index (κ1) is 17.5. The molecule has 1 saturated heterocycles. The van der Waals surface area contributed by atoms with E-state index < -0.39 is 16.1 Å². The summed E-state index contributed by atoms with van der Waals surface area (Å²) in [6.07, 6.45) is 2.18. The predicted molar refractivity (Wildman–Crippen MR) is 95.5 cm³/mol. The summed E-state index contributed by atoms with van der Waals surface area (Å²) >= 11 is 0. The first-order valence-electron chi connectivity index (χ1n) is 7.87. The van der Waals surface area contributed by atoms with Crippen LogP contribution in [0.5, 0.6) is 0 Å². The number of benzene rings is 1. The molecular weight excluding hydrogens is 340 g/mol. The van der Waals surface area contributed by atoms with Gasteiger partial charge in [0.1, 0.15) is 5.82 Å². The molecule has 1 fully saturated rings. The van der Waals surface area contributed by atoms with Gasteiger partial charge in [0.05, 0.1) is 10.9 Å². The number of nitrogens with two attached hydrogens (primary N) is 1. The Morgan fingerprint density at radius 1 is 1.20 bits per heavy atom. The standard InChI is InChI=1S/C17H20N4O3S/c1-20(2)25(23,24)15-6-4-3-5-13(15)12-7-8-16(19-11-12)21-10-9-14(18)17(21)22/h3-8,11,14H,9-10,18H2,1-2H3. The molecule has 25 heavy (non-hydrogen) atoms. The highest BCUT2D eigenvalue weighted by molar-refractivity contribution is 7.89. The zero-order valence-electron chi connectivity index (χ0n) is 14.1. The number of sulfonamides is 1. The van der Waals surface area contributed by atoms with Gasteiger partial charge in [-0.2, -0.15) is 0 Å². The van der Waals surface area contributed by atoms with E-state index in [1.54, 1.807) is 47.5 Å². The van der Waals surface area contributed by atoms with Gasteiger partial charge in [-0.3, -0.25) is 9.69 Å². The van der Waals surface area contributed by atoms with Gasteiger partial charge in [0, 0.05) is 38.0 Å². The molecule has 8 heteroatoms. The summed E-state index contributed by atoms with van der Waals surface area (Å²) < 4.78 is 26.2. The number of aromatic nitrogens is 1. The van der Waals surface area contributed by atoms with Gasteiger partial charge in [-0.25, -0.2) is 17.7 Å². The number of nitrogens with zero attached hydrogens (tertiary/aromatic N) is 3. The minimum atomic E-state index is -3.57. The van der Waals surface area contributed by atoms with Gasteiger partial charge >= 0.3 is 0 Å². The van der Waals surface area contributed by atoms with Crippen molar-refractivity contribution in [3.05, 3.63) is 42.6 Å². The van der Waals surface area contributed by atoms with E-state index in [4.69, 9.17) is 5.73 Å². The molecule has 2 N–H and O–H groups in total. The third-order valence-electron chi connectivity index (χ3n) is 4.23. The number of carbonyl (C=O) groups excluding carboxylic acids is 1. The molecule has 1 unspecified atom stereocenters. The lowest BCUT2D eigenvalue weighted by Gasteiger charge is -2.17. The van der Waals surface area contributed by atoms with E-state index in [1.807, 2.05) is 0 Å². The van der Waals surface area contributed by atoms with Crippen LogP contribution in [-0.4, -0.2) is 50.3 Å². The second kappa shape index (κ2) is 6.55. The summed E-state index contributed by atoms with van der Waals surface area (Å²) in [7, 11) is -0.582. The fraction of sp³-hybridized carbons (Fsp3) is 0.294. The molecule has 1 aromatic carbocycles. The third kappa shape index (κ3) is 3.15. The molecule has 0 bridgehead atoms. The molecular formula is C17H20N4O3S. The fourth-order valence-corrected chi connectivity index (χ4v) is 3.87. The van der Waals surface area contributed by atoms with E-state index in [0.717, 1.165) is 0 Å². The van der Waals surface area contributed by atoms with E-state index in [2.05, 4.69) is 4.98 Å². The molecule has 0 radical (unpaired) electrons. The Bertz CT molecular complexity index is 894. The molecule has 1 aliphatic heterocycles. The van der Waals surface area contributed by atoms with Crippen LogP contribution in [0.15, 0.2) is 47.5 Å². The maximum absolute atomic E-state index is 12.5. The molecule has 7 nitrogen and oxygen atoms in total.